The first kappa shape index (κ1) is 20.9. The number of amides is 1. The smallest absolute Gasteiger partial charge is 0.262 e. The number of halogens is 1. The number of ketones is 1. The van der Waals surface area contributed by atoms with Crippen LogP contribution >= 0.6 is 11.8 Å². The van der Waals surface area contributed by atoms with E-state index in [0.717, 1.165) is 5.69 Å². The quantitative estimate of drug-likeness (QED) is 0.340. The number of aromatic nitrogens is 3. The normalized spacial score (nSPS) is 12.6. The maximum atomic E-state index is 13.4. The summed E-state index contributed by atoms with van der Waals surface area (Å²) >= 11 is 1.25. The molecule has 164 valence electrons. The lowest BCUT2D eigenvalue weighted by atomic mass is 10.1. The number of thioether (sulfide) groups is 1. The van der Waals surface area contributed by atoms with Crippen molar-refractivity contribution >= 4 is 29.1 Å². The van der Waals surface area contributed by atoms with E-state index in [1.807, 2.05) is 34.9 Å². The Morgan fingerprint density at radius 2 is 1.85 bits per heavy atom. The Kier molecular flexibility index (Phi) is 5.62. The Labute approximate surface area is 192 Å². The largest absolute Gasteiger partial charge is 0.482 e. The number of carbonyl (C=O) groups is 2. The predicted octanol–water partition coefficient (Wildman–Crippen LogP) is 4.38. The van der Waals surface area contributed by atoms with Crippen LogP contribution in [0.2, 0.25) is 0 Å². The Morgan fingerprint density at radius 1 is 1.06 bits per heavy atom. The Hall–Kier alpha value is -3.98. The van der Waals surface area contributed by atoms with E-state index in [1.165, 1.54) is 23.9 Å². The van der Waals surface area contributed by atoms with Gasteiger partial charge in [0.25, 0.3) is 5.91 Å². The van der Waals surface area contributed by atoms with E-state index >= 15 is 0 Å². The van der Waals surface area contributed by atoms with Crippen LogP contribution in [0, 0.1) is 5.82 Å². The van der Waals surface area contributed by atoms with E-state index in [2.05, 4.69) is 15.5 Å². The molecule has 2 heterocycles. The van der Waals surface area contributed by atoms with Gasteiger partial charge in [-0.2, -0.15) is 0 Å². The Bertz CT molecular complexity index is 1340. The van der Waals surface area contributed by atoms with E-state index in [1.54, 1.807) is 30.3 Å². The number of nitrogens with one attached hydrogen (secondary N) is 1. The molecule has 0 atom stereocenters. The number of benzene rings is 3. The van der Waals surface area contributed by atoms with E-state index in [9.17, 15) is 14.0 Å². The number of anilines is 1. The van der Waals surface area contributed by atoms with Crippen LogP contribution in [0.1, 0.15) is 10.4 Å². The fourth-order valence-corrected chi connectivity index (χ4v) is 4.28. The highest BCUT2D eigenvalue weighted by atomic mass is 32.2. The highest BCUT2D eigenvalue weighted by Gasteiger charge is 2.20. The molecule has 0 radical (unpaired) electrons. The fraction of sp³-hybridized carbons (Fsp3) is 0.0833. The van der Waals surface area contributed by atoms with Crippen molar-refractivity contribution in [2.75, 3.05) is 17.7 Å². The van der Waals surface area contributed by atoms with Gasteiger partial charge in [-0.15, -0.1) is 10.2 Å². The molecule has 0 saturated carbocycles. The standard InChI is InChI=1S/C24H17FN4O3S/c25-17-9-6-15(7-10-17)23-27-28-24(29(23)18-4-2-1-3-5-18)33-14-20(30)16-8-11-21-19(12-16)26-22(31)13-32-21/h1-12H,13-14H2,(H,26,31). The van der Waals surface area contributed by atoms with E-state index in [4.69, 9.17) is 4.74 Å². The summed E-state index contributed by atoms with van der Waals surface area (Å²) in [5.74, 6) is 0.467. The number of ether oxygens (including phenoxy) is 1. The molecule has 5 rings (SSSR count). The zero-order chi connectivity index (χ0) is 22.8. The van der Waals surface area contributed by atoms with Gasteiger partial charge in [-0.3, -0.25) is 14.2 Å². The molecular weight excluding hydrogens is 443 g/mol. The van der Waals surface area contributed by atoms with Crippen LogP contribution in [0.25, 0.3) is 17.1 Å². The maximum absolute atomic E-state index is 13.4. The van der Waals surface area contributed by atoms with Gasteiger partial charge in [-0.05, 0) is 54.6 Å². The average molecular weight is 460 g/mol. The molecule has 0 aliphatic carbocycles. The molecule has 1 amide bonds. The molecule has 4 aromatic rings. The number of hydrogen-bond donors (Lipinski definition) is 1. The molecule has 1 aliphatic heterocycles. The van der Waals surface area contributed by atoms with E-state index in [0.29, 0.717) is 33.5 Å². The first-order valence-corrected chi connectivity index (χ1v) is 11.1. The monoisotopic (exact) mass is 460 g/mol. The van der Waals surface area contributed by atoms with Crippen molar-refractivity contribution in [2.45, 2.75) is 5.16 Å². The van der Waals surface area contributed by atoms with Gasteiger partial charge in [-0.25, -0.2) is 4.39 Å². The molecule has 7 nitrogen and oxygen atoms in total. The highest BCUT2D eigenvalue weighted by Crippen LogP contribution is 2.31. The summed E-state index contributed by atoms with van der Waals surface area (Å²) in [7, 11) is 0. The summed E-state index contributed by atoms with van der Waals surface area (Å²) in [6, 6.07) is 20.5. The topological polar surface area (TPSA) is 86.1 Å². The first-order valence-electron chi connectivity index (χ1n) is 10.1. The third-order valence-corrected chi connectivity index (χ3v) is 5.95. The predicted molar refractivity (Wildman–Crippen MR) is 122 cm³/mol. The lowest BCUT2D eigenvalue weighted by Crippen LogP contribution is -2.25. The third-order valence-electron chi connectivity index (χ3n) is 5.02. The Balaban J connectivity index is 1.42. The van der Waals surface area contributed by atoms with Crippen LogP contribution in [0.3, 0.4) is 0 Å². The van der Waals surface area contributed by atoms with Gasteiger partial charge in [0, 0.05) is 16.8 Å². The van der Waals surface area contributed by atoms with Crippen molar-refractivity contribution < 1.29 is 18.7 Å². The number of hydrogen-bond acceptors (Lipinski definition) is 6. The molecule has 0 bridgehead atoms. The number of rotatable bonds is 6. The van der Waals surface area contributed by atoms with Gasteiger partial charge in [0.1, 0.15) is 11.6 Å². The summed E-state index contributed by atoms with van der Waals surface area (Å²) in [6.07, 6.45) is 0. The Morgan fingerprint density at radius 3 is 2.64 bits per heavy atom. The first-order chi connectivity index (χ1) is 16.1. The molecular formula is C24H17FN4O3S. The molecule has 3 aromatic carbocycles. The van der Waals surface area contributed by atoms with Gasteiger partial charge < -0.3 is 10.1 Å². The SMILES string of the molecule is O=C1COc2ccc(C(=O)CSc3nnc(-c4ccc(F)cc4)n3-c3ccccc3)cc2N1. The van der Waals surface area contributed by atoms with Crippen molar-refractivity contribution in [3.63, 3.8) is 0 Å². The minimum atomic E-state index is -0.337. The van der Waals surface area contributed by atoms with Crippen molar-refractivity contribution in [3.05, 3.63) is 84.2 Å². The van der Waals surface area contributed by atoms with Crippen molar-refractivity contribution in [2.24, 2.45) is 0 Å². The molecule has 1 aromatic heterocycles. The van der Waals surface area contributed by atoms with E-state index < -0.39 is 0 Å². The van der Waals surface area contributed by atoms with Crippen LogP contribution < -0.4 is 10.1 Å². The van der Waals surface area contributed by atoms with Gasteiger partial charge in [0.15, 0.2) is 23.4 Å². The molecule has 0 saturated heterocycles. The summed E-state index contributed by atoms with van der Waals surface area (Å²) in [6.45, 7) is -0.0400. The van der Waals surface area contributed by atoms with Gasteiger partial charge in [-0.1, -0.05) is 30.0 Å². The van der Waals surface area contributed by atoms with Crippen molar-refractivity contribution in [1.82, 2.24) is 14.8 Å². The molecule has 0 unspecified atom stereocenters. The lowest BCUT2D eigenvalue weighted by Gasteiger charge is -2.18. The summed E-state index contributed by atoms with van der Waals surface area (Å²) < 4.78 is 20.6. The zero-order valence-electron chi connectivity index (χ0n) is 17.2. The minimum absolute atomic E-state index is 0.0400. The van der Waals surface area contributed by atoms with Crippen LogP contribution in [0.4, 0.5) is 10.1 Å². The zero-order valence-corrected chi connectivity index (χ0v) is 18.0. The van der Waals surface area contributed by atoms with Crippen molar-refractivity contribution in [1.29, 1.82) is 0 Å². The fourth-order valence-electron chi connectivity index (χ4n) is 3.43. The third kappa shape index (κ3) is 4.35. The van der Waals surface area contributed by atoms with Crippen molar-refractivity contribution in [3.8, 4) is 22.8 Å². The maximum Gasteiger partial charge on any atom is 0.262 e. The second-order valence-electron chi connectivity index (χ2n) is 7.24. The minimum Gasteiger partial charge on any atom is -0.482 e. The second-order valence-corrected chi connectivity index (χ2v) is 8.19. The average Bonchev–Trinajstić information content (AvgIpc) is 3.27. The van der Waals surface area contributed by atoms with Crippen LogP contribution in [0.15, 0.2) is 78.0 Å². The molecule has 0 spiro atoms. The molecule has 33 heavy (non-hydrogen) atoms. The summed E-state index contributed by atoms with van der Waals surface area (Å²) in [5.41, 5.74) is 2.46. The highest BCUT2D eigenvalue weighted by molar-refractivity contribution is 7.99. The second kappa shape index (κ2) is 8.87. The van der Waals surface area contributed by atoms with Gasteiger partial charge >= 0.3 is 0 Å². The number of fused-ring (bicyclic) bond motifs is 1. The van der Waals surface area contributed by atoms with Gasteiger partial charge in [0.2, 0.25) is 0 Å². The van der Waals surface area contributed by atoms with Gasteiger partial charge in [0.05, 0.1) is 11.4 Å². The summed E-state index contributed by atoms with van der Waals surface area (Å²) in [4.78, 5) is 24.4. The van der Waals surface area contributed by atoms with Crippen LogP contribution in [-0.4, -0.2) is 38.8 Å². The number of Topliss-reactive ketones (excluding diaryl/α,β-unsaturated/α-hetero) is 1. The number of para-hydroxylation sites is 1. The van der Waals surface area contributed by atoms with Crippen LogP contribution in [0.5, 0.6) is 5.75 Å². The lowest BCUT2D eigenvalue weighted by molar-refractivity contribution is -0.118. The number of carbonyl (C=O) groups excluding carboxylic acids is 2. The summed E-state index contributed by atoms with van der Waals surface area (Å²) in [5, 5.41) is 11.8. The number of nitrogens with zero attached hydrogens (tertiary/aromatic N) is 3. The molecule has 1 N–H and O–H groups in total. The van der Waals surface area contributed by atoms with Crippen LogP contribution in [-0.2, 0) is 4.79 Å². The van der Waals surface area contributed by atoms with E-state index in [-0.39, 0.29) is 29.9 Å². The molecule has 0 fully saturated rings. The molecule has 9 heteroatoms. The molecule has 1 aliphatic rings.